The Bertz CT molecular complexity index is 286. The number of rotatable bonds is 7. The van der Waals surface area contributed by atoms with E-state index in [1.165, 1.54) is 17.5 Å². The van der Waals surface area contributed by atoms with Crippen LogP contribution in [0.2, 0.25) is 0 Å². The zero-order valence-electron chi connectivity index (χ0n) is 9.86. The number of aryl methyl sites for hydroxylation is 1. The predicted octanol–water partition coefficient (Wildman–Crippen LogP) is 2.36. The lowest BCUT2D eigenvalue weighted by Crippen LogP contribution is -2.13. The zero-order valence-corrected chi connectivity index (χ0v) is 10.7. The first kappa shape index (κ1) is 13.6. The lowest BCUT2D eigenvalue weighted by molar-refractivity contribution is 0.322. The first-order chi connectivity index (χ1) is 7.77. The highest BCUT2D eigenvalue weighted by Crippen LogP contribution is 2.17. The van der Waals surface area contributed by atoms with Crippen molar-refractivity contribution in [3.05, 3.63) is 35.4 Å². The van der Waals surface area contributed by atoms with Crippen LogP contribution in [0.5, 0.6) is 0 Å². The molecule has 0 bridgehead atoms. The van der Waals surface area contributed by atoms with Crippen molar-refractivity contribution in [1.29, 1.82) is 0 Å². The summed E-state index contributed by atoms with van der Waals surface area (Å²) in [6, 6.07) is 8.64. The average Bonchev–Trinajstić information content (AvgIpc) is 2.30. The van der Waals surface area contributed by atoms with Crippen molar-refractivity contribution in [2.24, 2.45) is 5.73 Å². The number of aliphatic hydroxyl groups excluding tert-OH is 1. The van der Waals surface area contributed by atoms with Gasteiger partial charge in [0.05, 0.1) is 6.61 Å². The third-order valence-electron chi connectivity index (χ3n) is 2.48. The molecule has 0 aliphatic heterocycles. The predicted molar refractivity (Wildman–Crippen MR) is 71.8 cm³/mol. The summed E-state index contributed by atoms with van der Waals surface area (Å²) in [7, 11) is 0. The molecule has 3 N–H and O–H groups in total. The topological polar surface area (TPSA) is 46.2 Å². The van der Waals surface area contributed by atoms with Crippen LogP contribution in [-0.2, 0) is 6.42 Å². The Balaban J connectivity index is 2.46. The molecule has 1 atom stereocenters. The van der Waals surface area contributed by atoms with Gasteiger partial charge in [-0.15, -0.1) is 0 Å². The Morgan fingerprint density at radius 2 is 2.00 bits per heavy atom. The van der Waals surface area contributed by atoms with Gasteiger partial charge in [-0.2, -0.15) is 11.8 Å². The summed E-state index contributed by atoms with van der Waals surface area (Å²) in [5, 5.41) is 8.68. The molecule has 3 heteroatoms. The number of aliphatic hydroxyl groups is 1. The summed E-state index contributed by atoms with van der Waals surface area (Å²) in [5.41, 5.74) is 8.62. The molecule has 2 nitrogen and oxygen atoms in total. The SMILES string of the molecule is CCCc1ccc(C(N)CSCCO)cc1. The highest BCUT2D eigenvalue weighted by Gasteiger charge is 2.05. The molecule has 90 valence electrons. The van der Waals surface area contributed by atoms with E-state index in [1.54, 1.807) is 11.8 Å². The minimum Gasteiger partial charge on any atom is -0.396 e. The first-order valence-electron chi connectivity index (χ1n) is 5.81. The molecule has 1 rings (SSSR count). The molecule has 1 aromatic rings. The van der Waals surface area contributed by atoms with Crippen LogP contribution in [0.3, 0.4) is 0 Å². The molecule has 0 amide bonds. The van der Waals surface area contributed by atoms with Gasteiger partial charge in [0.15, 0.2) is 0 Å². The van der Waals surface area contributed by atoms with E-state index in [1.807, 2.05) is 0 Å². The maximum Gasteiger partial charge on any atom is 0.0521 e. The monoisotopic (exact) mass is 239 g/mol. The van der Waals surface area contributed by atoms with E-state index in [4.69, 9.17) is 10.8 Å². The normalized spacial score (nSPS) is 12.7. The van der Waals surface area contributed by atoms with Crippen LogP contribution in [0.15, 0.2) is 24.3 Å². The molecular formula is C13H21NOS. The van der Waals surface area contributed by atoms with E-state index >= 15 is 0 Å². The van der Waals surface area contributed by atoms with Crippen LogP contribution in [-0.4, -0.2) is 23.2 Å². The van der Waals surface area contributed by atoms with Crippen LogP contribution in [0, 0.1) is 0 Å². The molecule has 0 aromatic heterocycles. The van der Waals surface area contributed by atoms with Gasteiger partial charge in [0.2, 0.25) is 0 Å². The second kappa shape index (κ2) is 7.71. The first-order valence-corrected chi connectivity index (χ1v) is 6.96. The third-order valence-corrected chi connectivity index (χ3v) is 3.55. The van der Waals surface area contributed by atoms with Crippen LogP contribution in [0.1, 0.15) is 30.5 Å². The van der Waals surface area contributed by atoms with Crippen LogP contribution in [0.4, 0.5) is 0 Å². The van der Waals surface area contributed by atoms with Crippen LogP contribution < -0.4 is 5.73 Å². The summed E-state index contributed by atoms with van der Waals surface area (Å²) < 4.78 is 0. The van der Waals surface area contributed by atoms with Crippen molar-refractivity contribution in [1.82, 2.24) is 0 Å². The third kappa shape index (κ3) is 4.56. The van der Waals surface area contributed by atoms with Gasteiger partial charge in [-0.3, -0.25) is 0 Å². The Morgan fingerprint density at radius 1 is 1.31 bits per heavy atom. The fourth-order valence-corrected chi connectivity index (χ4v) is 2.33. The van der Waals surface area contributed by atoms with E-state index in [9.17, 15) is 0 Å². The van der Waals surface area contributed by atoms with Crippen molar-refractivity contribution in [2.45, 2.75) is 25.8 Å². The Labute approximate surface area is 102 Å². The second-order valence-corrected chi connectivity index (χ2v) is 5.05. The van der Waals surface area contributed by atoms with Gasteiger partial charge in [0.25, 0.3) is 0 Å². The Kier molecular flexibility index (Phi) is 6.53. The summed E-state index contributed by atoms with van der Waals surface area (Å²) in [6.45, 7) is 2.41. The minimum atomic E-state index is 0.0761. The van der Waals surface area contributed by atoms with Gasteiger partial charge in [0, 0.05) is 17.5 Å². The molecule has 0 aliphatic rings. The average molecular weight is 239 g/mol. The molecule has 0 saturated carbocycles. The molecule has 0 radical (unpaired) electrons. The molecule has 0 saturated heterocycles. The van der Waals surface area contributed by atoms with Crippen molar-refractivity contribution < 1.29 is 5.11 Å². The lowest BCUT2D eigenvalue weighted by Gasteiger charge is -2.11. The van der Waals surface area contributed by atoms with E-state index in [0.29, 0.717) is 0 Å². The van der Waals surface area contributed by atoms with E-state index in [-0.39, 0.29) is 12.6 Å². The number of benzene rings is 1. The molecule has 0 aliphatic carbocycles. The highest BCUT2D eigenvalue weighted by atomic mass is 32.2. The quantitative estimate of drug-likeness (QED) is 0.718. The molecule has 1 aromatic carbocycles. The Morgan fingerprint density at radius 3 is 2.56 bits per heavy atom. The minimum absolute atomic E-state index is 0.0761. The van der Waals surface area contributed by atoms with Gasteiger partial charge >= 0.3 is 0 Å². The maximum atomic E-state index is 8.68. The van der Waals surface area contributed by atoms with E-state index in [2.05, 4.69) is 31.2 Å². The summed E-state index contributed by atoms with van der Waals surface area (Å²) in [5.74, 6) is 1.63. The van der Waals surface area contributed by atoms with Crippen molar-refractivity contribution in [2.75, 3.05) is 18.1 Å². The molecule has 0 fully saturated rings. The lowest BCUT2D eigenvalue weighted by atomic mass is 10.0. The number of hydrogen-bond donors (Lipinski definition) is 2. The zero-order chi connectivity index (χ0) is 11.8. The van der Waals surface area contributed by atoms with Crippen molar-refractivity contribution >= 4 is 11.8 Å². The van der Waals surface area contributed by atoms with Gasteiger partial charge in [-0.05, 0) is 17.5 Å². The number of thioether (sulfide) groups is 1. The van der Waals surface area contributed by atoms with Crippen LogP contribution >= 0.6 is 11.8 Å². The van der Waals surface area contributed by atoms with Gasteiger partial charge in [0.1, 0.15) is 0 Å². The molecule has 0 heterocycles. The number of nitrogens with two attached hydrogens (primary N) is 1. The fourth-order valence-electron chi connectivity index (χ4n) is 1.59. The van der Waals surface area contributed by atoms with Crippen molar-refractivity contribution in [3.8, 4) is 0 Å². The maximum absolute atomic E-state index is 8.68. The van der Waals surface area contributed by atoms with Gasteiger partial charge in [-0.25, -0.2) is 0 Å². The standard InChI is InChI=1S/C13H21NOS/c1-2-3-11-4-6-12(7-5-11)13(14)10-16-9-8-15/h4-7,13,15H,2-3,8-10,14H2,1H3. The van der Waals surface area contributed by atoms with E-state index in [0.717, 1.165) is 17.9 Å². The fraction of sp³-hybridized carbons (Fsp3) is 0.538. The molecule has 1 unspecified atom stereocenters. The van der Waals surface area contributed by atoms with Crippen LogP contribution in [0.25, 0.3) is 0 Å². The highest BCUT2D eigenvalue weighted by molar-refractivity contribution is 7.99. The molecule has 16 heavy (non-hydrogen) atoms. The van der Waals surface area contributed by atoms with Crippen molar-refractivity contribution in [3.63, 3.8) is 0 Å². The van der Waals surface area contributed by atoms with Gasteiger partial charge < -0.3 is 10.8 Å². The second-order valence-electron chi connectivity index (χ2n) is 3.90. The molecular weight excluding hydrogens is 218 g/mol. The van der Waals surface area contributed by atoms with Gasteiger partial charge in [-0.1, -0.05) is 37.6 Å². The van der Waals surface area contributed by atoms with E-state index < -0.39 is 0 Å². The summed E-state index contributed by atoms with van der Waals surface area (Å²) in [6.07, 6.45) is 2.31. The summed E-state index contributed by atoms with van der Waals surface area (Å²) >= 11 is 1.70. The Hall–Kier alpha value is -0.510. The summed E-state index contributed by atoms with van der Waals surface area (Å²) in [4.78, 5) is 0. The largest absolute Gasteiger partial charge is 0.396 e. The molecule has 0 spiro atoms. The number of hydrogen-bond acceptors (Lipinski definition) is 3. The smallest absolute Gasteiger partial charge is 0.0521 e.